The van der Waals surface area contributed by atoms with Crippen LogP contribution in [0.2, 0.25) is 0 Å². The van der Waals surface area contributed by atoms with Crippen molar-refractivity contribution in [2.75, 3.05) is 23.3 Å². The van der Waals surface area contributed by atoms with Crippen LogP contribution in [0.4, 0.5) is 10.8 Å². The summed E-state index contributed by atoms with van der Waals surface area (Å²) in [5.41, 5.74) is 3.88. The van der Waals surface area contributed by atoms with E-state index in [9.17, 15) is 4.79 Å². The highest BCUT2D eigenvalue weighted by Gasteiger charge is 2.19. The molecule has 1 aliphatic rings. The molecule has 1 atom stereocenters. The van der Waals surface area contributed by atoms with Crippen molar-refractivity contribution >= 4 is 28.1 Å². The lowest BCUT2D eigenvalue weighted by atomic mass is 9.95. The molecule has 29 heavy (non-hydrogen) atoms. The van der Waals surface area contributed by atoms with E-state index in [1.807, 2.05) is 55.5 Å². The van der Waals surface area contributed by atoms with Gasteiger partial charge in [-0.2, -0.15) is 0 Å². The molecule has 4 rings (SSSR count). The second-order valence-electron chi connectivity index (χ2n) is 7.50. The van der Waals surface area contributed by atoms with Crippen molar-refractivity contribution < 1.29 is 4.79 Å². The molecule has 2 heterocycles. The highest BCUT2D eigenvalue weighted by Crippen LogP contribution is 2.30. The number of carbonyl (C=O) groups excluding carboxylic acids is 1. The summed E-state index contributed by atoms with van der Waals surface area (Å²) in [6.07, 6.45) is 4.58. The van der Waals surface area contributed by atoms with Gasteiger partial charge in [-0.3, -0.25) is 4.79 Å². The third-order valence-corrected chi connectivity index (χ3v) is 6.37. The smallest absolute Gasteiger partial charge is 0.231 e. The third-order valence-electron chi connectivity index (χ3n) is 5.47. The van der Waals surface area contributed by atoms with Crippen molar-refractivity contribution in [1.29, 1.82) is 0 Å². The molecule has 0 saturated carbocycles. The zero-order chi connectivity index (χ0) is 20.1. The van der Waals surface area contributed by atoms with Crippen LogP contribution in [-0.2, 0) is 4.79 Å². The van der Waals surface area contributed by atoms with Crippen molar-refractivity contribution in [3.63, 3.8) is 0 Å². The van der Waals surface area contributed by atoms with Gasteiger partial charge >= 0.3 is 0 Å². The Morgan fingerprint density at radius 1 is 1.10 bits per heavy atom. The molecule has 0 aliphatic carbocycles. The van der Waals surface area contributed by atoms with Gasteiger partial charge in [0, 0.05) is 29.7 Å². The number of hydrogen-bond acceptors (Lipinski definition) is 4. The number of nitrogens with one attached hydrogen (secondary N) is 1. The zero-order valence-corrected chi connectivity index (χ0v) is 17.6. The Morgan fingerprint density at radius 2 is 1.90 bits per heavy atom. The van der Waals surface area contributed by atoms with E-state index < -0.39 is 0 Å². The highest BCUT2D eigenvalue weighted by molar-refractivity contribution is 7.14. The van der Waals surface area contributed by atoms with Crippen molar-refractivity contribution in [2.45, 2.75) is 38.5 Å². The van der Waals surface area contributed by atoms with Gasteiger partial charge < -0.3 is 10.2 Å². The maximum Gasteiger partial charge on any atom is 0.231 e. The van der Waals surface area contributed by atoms with Crippen LogP contribution in [-0.4, -0.2) is 24.0 Å². The first-order valence-corrected chi connectivity index (χ1v) is 11.3. The summed E-state index contributed by atoms with van der Waals surface area (Å²) in [7, 11) is 0. The molecule has 0 bridgehead atoms. The Balaban J connectivity index is 1.49. The minimum atomic E-state index is -0.148. The molecule has 0 radical (unpaired) electrons. The second-order valence-corrected chi connectivity index (χ2v) is 8.34. The molecule has 1 N–H and O–H groups in total. The van der Waals surface area contributed by atoms with Crippen LogP contribution in [0.1, 0.15) is 44.1 Å². The van der Waals surface area contributed by atoms with Crippen LogP contribution in [0.15, 0.2) is 60.0 Å². The van der Waals surface area contributed by atoms with Gasteiger partial charge in [0.25, 0.3) is 0 Å². The number of thiazole rings is 1. The van der Waals surface area contributed by atoms with Crippen molar-refractivity contribution in [2.24, 2.45) is 0 Å². The summed E-state index contributed by atoms with van der Waals surface area (Å²) in [5.74, 6) is -0.118. The molecule has 2 aromatic carbocycles. The van der Waals surface area contributed by atoms with E-state index in [2.05, 4.69) is 21.7 Å². The molecule has 1 aromatic heterocycles. The normalized spacial score (nSPS) is 15.1. The summed E-state index contributed by atoms with van der Waals surface area (Å²) < 4.78 is 0. The standard InChI is InChI=1S/C24H27N3OS/c1-2-21(18-10-5-3-6-11-18)23(28)25-20-13-9-12-19(16-20)22-17-29-24(26-22)27-14-7-4-8-15-27/h3,5-6,9-13,16-17,21H,2,4,7-8,14-15H2,1H3,(H,25,28)/t21-/m1/s1. The summed E-state index contributed by atoms with van der Waals surface area (Å²) in [6.45, 7) is 4.24. The van der Waals surface area contributed by atoms with Crippen LogP contribution < -0.4 is 10.2 Å². The predicted octanol–water partition coefficient (Wildman–Crippen LogP) is 5.93. The number of anilines is 2. The molecule has 0 spiro atoms. The second kappa shape index (κ2) is 9.23. The van der Waals surface area contributed by atoms with Gasteiger partial charge in [-0.1, -0.05) is 49.4 Å². The van der Waals surface area contributed by atoms with E-state index in [1.54, 1.807) is 11.3 Å². The Bertz CT molecular complexity index is 948. The van der Waals surface area contributed by atoms with Crippen LogP contribution in [0.3, 0.4) is 0 Å². The lowest BCUT2D eigenvalue weighted by molar-refractivity contribution is -0.117. The Morgan fingerprint density at radius 3 is 2.66 bits per heavy atom. The lowest BCUT2D eigenvalue weighted by Crippen LogP contribution is -2.29. The Hall–Kier alpha value is -2.66. The molecule has 150 valence electrons. The van der Waals surface area contributed by atoms with Gasteiger partial charge in [0.2, 0.25) is 5.91 Å². The fraction of sp³-hybridized carbons (Fsp3) is 0.333. The van der Waals surface area contributed by atoms with Gasteiger partial charge in [-0.25, -0.2) is 4.98 Å². The van der Waals surface area contributed by atoms with Gasteiger partial charge in [-0.05, 0) is 43.4 Å². The van der Waals surface area contributed by atoms with Gasteiger partial charge in [0.1, 0.15) is 0 Å². The van der Waals surface area contributed by atoms with E-state index in [0.29, 0.717) is 0 Å². The maximum absolute atomic E-state index is 12.9. The molecule has 1 saturated heterocycles. The van der Waals surface area contributed by atoms with Crippen LogP contribution in [0.5, 0.6) is 0 Å². The molecular weight excluding hydrogens is 378 g/mol. The molecule has 4 nitrogen and oxygen atoms in total. The number of amides is 1. The van der Waals surface area contributed by atoms with E-state index in [4.69, 9.17) is 4.98 Å². The first-order valence-electron chi connectivity index (χ1n) is 10.4. The lowest BCUT2D eigenvalue weighted by Gasteiger charge is -2.25. The van der Waals surface area contributed by atoms with E-state index in [-0.39, 0.29) is 11.8 Å². The van der Waals surface area contributed by atoms with E-state index >= 15 is 0 Å². The molecule has 5 heteroatoms. The van der Waals surface area contributed by atoms with E-state index in [1.165, 1.54) is 19.3 Å². The molecule has 1 amide bonds. The first-order chi connectivity index (χ1) is 14.2. The molecule has 1 fully saturated rings. The zero-order valence-electron chi connectivity index (χ0n) is 16.8. The quantitative estimate of drug-likeness (QED) is 0.552. The highest BCUT2D eigenvalue weighted by atomic mass is 32.1. The Kier molecular flexibility index (Phi) is 6.25. The number of rotatable bonds is 6. The largest absolute Gasteiger partial charge is 0.348 e. The number of piperidine rings is 1. The van der Waals surface area contributed by atoms with Gasteiger partial charge in [-0.15, -0.1) is 11.3 Å². The fourth-order valence-corrected chi connectivity index (χ4v) is 4.76. The van der Waals surface area contributed by atoms with Crippen molar-refractivity contribution in [1.82, 2.24) is 4.98 Å². The van der Waals surface area contributed by atoms with Gasteiger partial charge in [0.05, 0.1) is 11.6 Å². The molecule has 0 unspecified atom stereocenters. The number of carbonyl (C=O) groups is 1. The number of nitrogens with zero attached hydrogens (tertiary/aromatic N) is 2. The topological polar surface area (TPSA) is 45.2 Å². The average molecular weight is 406 g/mol. The van der Waals surface area contributed by atoms with Crippen LogP contribution in [0.25, 0.3) is 11.3 Å². The molecule has 1 aliphatic heterocycles. The summed E-state index contributed by atoms with van der Waals surface area (Å²) in [4.78, 5) is 20.1. The van der Waals surface area contributed by atoms with Crippen molar-refractivity contribution in [3.8, 4) is 11.3 Å². The van der Waals surface area contributed by atoms with Crippen molar-refractivity contribution in [3.05, 3.63) is 65.5 Å². The van der Waals surface area contributed by atoms with Crippen LogP contribution in [0, 0.1) is 0 Å². The molecule has 3 aromatic rings. The monoisotopic (exact) mass is 405 g/mol. The number of benzene rings is 2. The summed E-state index contributed by atoms with van der Waals surface area (Å²) in [6, 6.07) is 18.0. The first kappa shape index (κ1) is 19.6. The molecular formula is C24H27N3OS. The minimum Gasteiger partial charge on any atom is -0.348 e. The van der Waals surface area contributed by atoms with E-state index in [0.717, 1.165) is 47.2 Å². The maximum atomic E-state index is 12.9. The van der Waals surface area contributed by atoms with Gasteiger partial charge in [0.15, 0.2) is 5.13 Å². The average Bonchev–Trinajstić information content (AvgIpc) is 3.26. The Labute approximate surface area is 176 Å². The van der Waals surface area contributed by atoms with Crippen LogP contribution >= 0.6 is 11.3 Å². The minimum absolute atomic E-state index is 0.0307. The SMILES string of the molecule is CC[C@@H](C(=O)Nc1cccc(-c2csc(N3CCCCC3)n2)c1)c1ccccc1. The fourth-order valence-electron chi connectivity index (χ4n) is 3.87. The third kappa shape index (κ3) is 4.67. The number of hydrogen-bond donors (Lipinski definition) is 1. The summed E-state index contributed by atoms with van der Waals surface area (Å²) >= 11 is 1.70. The number of aromatic nitrogens is 1. The summed E-state index contributed by atoms with van der Waals surface area (Å²) in [5, 5.41) is 6.31. The predicted molar refractivity (Wildman–Crippen MR) is 122 cm³/mol.